The molecule has 0 amide bonds. The predicted molar refractivity (Wildman–Crippen MR) is 156 cm³/mol. The number of aliphatic imine (C=N–C) groups is 1. The number of aryl methyl sites for hydroxylation is 1. The van der Waals surface area contributed by atoms with Crippen LogP contribution in [0.3, 0.4) is 0 Å². The second-order valence-electron chi connectivity index (χ2n) is 9.11. The minimum atomic E-state index is 0.741. The molecule has 5 aromatic carbocycles. The molecule has 0 bridgehead atoms. The molecule has 5 rings (SSSR count). The fourth-order valence-electron chi connectivity index (χ4n) is 4.42. The van der Waals surface area contributed by atoms with Crippen LogP contribution >= 0.6 is 0 Å². The molecule has 36 heavy (non-hydrogen) atoms. The summed E-state index contributed by atoms with van der Waals surface area (Å²) in [4.78, 5) is 5.09. The molecular weight excluding hydrogens is 434 g/mol. The van der Waals surface area contributed by atoms with Crippen molar-refractivity contribution < 1.29 is 0 Å². The van der Waals surface area contributed by atoms with Crippen molar-refractivity contribution in [1.29, 1.82) is 0 Å². The van der Waals surface area contributed by atoms with Crippen LogP contribution in [0.4, 0.5) is 0 Å². The molecule has 0 unspecified atom stereocenters. The van der Waals surface area contributed by atoms with E-state index in [4.69, 9.17) is 4.99 Å². The zero-order valence-corrected chi connectivity index (χ0v) is 20.8. The Hall–Kier alpha value is -4.49. The van der Waals surface area contributed by atoms with E-state index in [0.29, 0.717) is 0 Å². The van der Waals surface area contributed by atoms with Gasteiger partial charge in [-0.1, -0.05) is 133 Å². The fraction of sp³-hybridized carbons (Fsp3) is 0.0571. The van der Waals surface area contributed by atoms with Crippen molar-refractivity contribution in [1.82, 2.24) is 0 Å². The number of fused-ring (bicyclic) bond motifs is 1. The molecule has 0 aliphatic rings. The zero-order chi connectivity index (χ0) is 24.9. The Morgan fingerprint density at radius 3 is 1.97 bits per heavy atom. The Morgan fingerprint density at radius 1 is 0.639 bits per heavy atom. The van der Waals surface area contributed by atoms with Gasteiger partial charge in [0.1, 0.15) is 0 Å². The first kappa shape index (κ1) is 23.3. The molecule has 0 fully saturated rings. The van der Waals surface area contributed by atoms with Gasteiger partial charge in [-0.2, -0.15) is 0 Å². The number of benzene rings is 5. The molecular formula is C35H29N. The lowest BCUT2D eigenvalue weighted by Crippen LogP contribution is -2.00. The summed E-state index contributed by atoms with van der Waals surface area (Å²) in [6, 6.07) is 42.4. The lowest BCUT2D eigenvalue weighted by molar-refractivity contribution is 1.46. The first-order valence-corrected chi connectivity index (χ1v) is 12.3. The van der Waals surface area contributed by atoms with Gasteiger partial charge in [-0.05, 0) is 58.5 Å². The average Bonchev–Trinajstić information content (AvgIpc) is 2.93. The van der Waals surface area contributed by atoms with Crippen molar-refractivity contribution >= 4 is 27.8 Å². The van der Waals surface area contributed by atoms with Crippen LogP contribution in [-0.4, -0.2) is 5.71 Å². The summed E-state index contributed by atoms with van der Waals surface area (Å²) in [6.45, 7) is 8.59. The Morgan fingerprint density at radius 2 is 1.25 bits per heavy atom. The van der Waals surface area contributed by atoms with Gasteiger partial charge in [-0.3, -0.25) is 0 Å². The Balaban J connectivity index is 1.55. The van der Waals surface area contributed by atoms with Crippen LogP contribution in [0, 0.1) is 6.92 Å². The Kier molecular flexibility index (Phi) is 6.73. The molecule has 0 atom stereocenters. The highest BCUT2D eigenvalue weighted by atomic mass is 14.8. The molecule has 5 aromatic rings. The summed E-state index contributed by atoms with van der Waals surface area (Å²) < 4.78 is 0. The van der Waals surface area contributed by atoms with E-state index in [9.17, 15) is 0 Å². The van der Waals surface area contributed by atoms with Gasteiger partial charge in [0, 0.05) is 5.56 Å². The highest BCUT2D eigenvalue weighted by molar-refractivity contribution is 6.20. The second kappa shape index (κ2) is 10.4. The van der Waals surface area contributed by atoms with Gasteiger partial charge in [0.15, 0.2) is 0 Å². The van der Waals surface area contributed by atoms with E-state index in [0.717, 1.165) is 28.1 Å². The maximum atomic E-state index is 5.09. The van der Waals surface area contributed by atoms with Crippen LogP contribution in [0.5, 0.6) is 0 Å². The van der Waals surface area contributed by atoms with Crippen LogP contribution in [0.2, 0.25) is 0 Å². The maximum absolute atomic E-state index is 5.09. The third-order valence-corrected chi connectivity index (χ3v) is 6.51. The normalized spacial score (nSPS) is 12.1. The standard InChI is InChI=1S/C35H29N/c1-25-16-18-30(19-17-25)31-22-20-29(21-23-31)27(3)36-35(24-26(2)28-10-5-4-6-11-28)34-15-9-13-32-12-7-8-14-33(32)34/h4-24H,3H2,1-2H3/b26-24+,36-35?. The van der Waals surface area contributed by atoms with Crippen molar-refractivity contribution in [3.05, 3.63) is 156 Å². The summed E-state index contributed by atoms with van der Waals surface area (Å²) in [7, 11) is 0. The van der Waals surface area contributed by atoms with Crippen LogP contribution in [-0.2, 0) is 0 Å². The SMILES string of the molecule is C=C(N=C(/C=C(\C)c1ccccc1)c1cccc2ccccc12)c1ccc(-c2ccc(C)cc2)cc1. The van der Waals surface area contributed by atoms with Gasteiger partial charge in [0.25, 0.3) is 0 Å². The van der Waals surface area contributed by atoms with Crippen LogP contribution in [0.25, 0.3) is 33.2 Å². The molecule has 0 spiro atoms. The fourth-order valence-corrected chi connectivity index (χ4v) is 4.42. The van der Waals surface area contributed by atoms with Crippen molar-refractivity contribution in [3.8, 4) is 11.1 Å². The van der Waals surface area contributed by atoms with Crippen molar-refractivity contribution in [2.24, 2.45) is 4.99 Å². The molecule has 0 aromatic heterocycles. The van der Waals surface area contributed by atoms with Crippen molar-refractivity contribution in [2.75, 3.05) is 0 Å². The van der Waals surface area contributed by atoms with E-state index >= 15 is 0 Å². The molecule has 0 heterocycles. The van der Waals surface area contributed by atoms with Gasteiger partial charge in [-0.15, -0.1) is 0 Å². The summed E-state index contributed by atoms with van der Waals surface area (Å²) in [6.07, 6.45) is 2.17. The number of hydrogen-bond donors (Lipinski definition) is 0. The van der Waals surface area contributed by atoms with Gasteiger partial charge in [0.2, 0.25) is 0 Å². The number of hydrogen-bond acceptors (Lipinski definition) is 1. The van der Waals surface area contributed by atoms with E-state index < -0.39 is 0 Å². The second-order valence-corrected chi connectivity index (χ2v) is 9.11. The summed E-state index contributed by atoms with van der Waals surface area (Å²) in [5, 5.41) is 2.37. The topological polar surface area (TPSA) is 12.4 Å². The first-order chi connectivity index (χ1) is 17.6. The molecule has 1 nitrogen and oxygen atoms in total. The van der Waals surface area contributed by atoms with Crippen molar-refractivity contribution in [3.63, 3.8) is 0 Å². The Labute approximate surface area is 213 Å². The van der Waals surface area contributed by atoms with E-state index in [1.807, 2.05) is 6.07 Å². The molecule has 174 valence electrons. The summed E-state index contributed by atoms with van der Waals surface area (Å²) >= 11 is 0. The number of allylic oxidation sites excluding steroid dienone is 2. The average molecular weight is 464 g/mol. The molecule has 0 aliphatic carbocycles. The quantitative estimate of drug-likeness (QED) is 0.222. The van der Waals surface area contributed by atoms with Gasteiger partial charge in [-0.25, -0.2) is 4.99 Å². The third kappa shape index (κ3) is 5.11. The highest BCUT2D eigenvalue weighted by Gasteiger charge is 2.09. The first-order valence-electron chi connectivity index (χ1n) is 12.3. The molecule has 0 aliphatic heterocycles. The summed E-state index contributed by atoms with van der Waals surface area (Å²) in [5.41, 5.74) is 9.74. The van der Waals surface area contributed by atoms with E-state index in [1.54, 1.807) is 0 Å². The smallest absolute Gasteiger partial charge is 0.0718 e. The van der Waals surface area contributed by atoms with Gasteiger partial charge in [0.05, 0.1) is 11.4 Å². The molecule has 0 N–H and O–H groups in total. The van der Waals surface area contributed by atoms with Gasteiger partial charge >= 0.3 is 0 Å². The lowest BCUT2D eigenvalue weighted by atomic mass is 9.97. The van der Waals surface area contributed by atoms with E-state index in [1.165, 1.54) is 33.0 Å². The highest BCUT2D eigenvalue weighted by Crippen LogP contribution is 2.26. The predicted octanol–water partition coefficient (Wildman–Crippen LogP) is 9.38. The zero-order valence-electron chi connectivity index (χ0n) is 20.8. The summed E-state index contributed by atoms with van der Waals surface area (Å²) in [5.74, 6) is 0. The number of nitrogens with zero attached hydrogens (tertiary/aromatic N) is 1. The maximum Gasteiger partial charge on any atom is 0.0718 e. The molecule has 0 radical (unpaired) electrons. The van der Waals surface area contributed by atoms with Crippen LogP contribution < -0.4 is 0 Å². The monoisotopic (exact) mass is 463 g/mol. The van der Waals surface area contributed by atoms with Crippen LogP contribution in [0.15, 0.2) is 139 Å². The third-order valence-electron chi connectivity index (χ3n) is 6.51. The minimum absolute atomic E-state index is 0.741. The van der Waals surface area contributed by atoms with E-state index in [2.05, 4.69) is 142 Å². The minimum Gasteiger partial charge on any atom is -0.248 e. The molecule has 0 saturated carbocycles. The Bertz CT molecular complexity index is 1560. The number of rotatable bonds is 6. The molecule has 0 saturated heterocycles. The lowest BCUT2D eigenvalue weighted by Gasteiger charge is -2.11. The van der Waals surface area contributed by atoms with Crippen molar-refractivity contribution in [2.45, 2.75) is 13.8 Å². The van der Waals surface area contributed by atoms with Gasteiger partial charge < -0.3 is 0 Å². The largest absolute Gasteiger partial charge is 0.248 e. The molecule has 1 heteroatoms. The van der Waals surface area contributed by atoms with Crippen LogP contribution in [0.1, 0.15) is 29.2 Å². The van der Waals surface area contributed by atoms with E-state index in [-0.39, 0.29) is 0 Å².